The first-order valence-corrected chi connectivity index (χ1v) is 5.72. The zero-order valence-corrected chi connectivity index (χ0v) is 9.54. The van der Waals surface area contributed by atoms with Crippen molar-refractivity contribution in [3.05, 3.63) is 21.9 Å². The van der Waals surface area contributed by atoms with E-state index in [-0.39, 0.29) is 13.0 Å². The van der Waals surface area contributed by atoms with E-state index >= 15 is 0 Å². The number of carboxylic acid groups (broad SMARTS) is 1. The molecule has 0 amide bonds. The number of aliphatic carboxylic acids is 1. The van der Waals surface area contributed by atoms with Gasteiger partial charge in [0.05, 0.1) is 19.1 Å². The van der Waals surface area contributed by atoms with E-state index in [0.717, 1.165) is 9.75 Å². The minimum atomic E-state index is -0.836. The van der Waals surface area contributed by atoms with Gasteiger partial charge in [0.15, 0.2) is 0 Å². The maximum absolute atomic E-state index is 10.5. The summed E-state index contributed by atoms with van der Waals surface area (Å²) < 4.78 is 0. The highest BCUT2D eigenvalue weighted by molar-refractivity contribution is 7.12. The Morgan fingerprint density at radius 2 is 2.12 bits per heavy atom. The predicted molar refractivity (Wildman–Crippen MR) is 60.5 cm³/mol. The first-order valence-electron chi connectivity index (χ1n) is 4.91. The standard InChI is InChI=1S/C10H15NO4S/c12-6-7(13)4-11-5-9-2-1-8(16-9)3-10(14)15/h1-2,7,11-13H,3-6H2,(H,14,15). The molecule has 4 N–H and O–H groups in total. The lowest BCUT2D eigenvalue weighted by atomic mass is 10.3. The van der Waals surface area contributed by atoms with Crippen molar-refractivity contribution in [3.8, 4) is 0 Å². The molecule has 1 rings (SSSR count). The van der Waals surface area contributed by atoms with E-state index in [4.69, 9.17) is 15.3 Å². The summed E-state index contributed by atoms with van der Waals surface area (Å²) in [5.74, 6) is -0.836. The molecule has 1 aromatic heterocycles. The second-order valence-corrected chi connectivity index (χ2v) is 4.66. The van der Waals surface area contributed by atoms with Gasteiger partial charge < -0.3 is 20.6 Å². The number of carbonyl (C=O) groups is 1. The van der Waals surface area contributed by atoms with E-state index < -0.39 is 12.1 Å². The molecular formula is C10H15NO4S. The molecule has 6 heteroatoms. The molecule has 0 aliphatic carbocycles. The molecule has 16 heavy (non-hydrogen) atoms. The molecule has 0 radical (unpaired) electrons. The van der Waals surface area contributed by atoms with Crippen molar-refractivity contribution in [2.24, 2.45) is 0 Å². The fourth-order valence-electron chi connectivity index (χ4n) is 1.19. The van der Waals surface area contributed by atoms with Crippen molar-refractivity contribution >= 4 is 17.3 Å². The Bertz CT molecular complexity index is 339. The predicted octanol–water partition coefficient (Wildman–Crippen LogP) is -0.182. The zero-order valence-electron chi connectivity index (χ0n) is 8.72. The van der Waals surface area contributed by atoms with Gasteiger partial charge in [0, 0.05) is 22.8 Å². The maximum atomic E-state index is 10.5. The quantitative estimate of drug-likeness (QED) is 0.535. The average Bonchev–Trinajstić information content (AvgIpc) is 2.64. The molecular weight excluding hydrogens is 230 g/mol. The topological polar surface area (TPSA) is 89.8 Å². The van der Waals surface area contributed by atoms with Crippen LogP contribution in [0.1, 0.15) is 9.75 Å². The SMILES string of the molecule is O=C(O)Cc1ccc(CNCC(O)CO)s1. The van der Waals surface area contributed by atoms with Gasteiger partial charge in [-0.3, -0.25) is 4.79 Å². The van der Waals surface area contributed by atoms with Crippen molar-refractivity contribution in [2.75, 3.05) is 13.2 Å². The molecule has 1 aromatic rings. The summed E-state index contributed by atoms with van der Waals surface area (Å²) in [4.78, 5) is 12.3. The van der Waals surface area contributed by atoms with Crippen LogP contribution in [0.4, 0.5) is 0 Å². The summed E-state index contributed by atoms with van der Waals surface area (Å²) in [6.07, 6.45) is -0.706. The molecule has 1 heterocycles. The number of aliphatic hydroxyl groups excluding tert-OH is 2. The van der Waals surface area contributed by atoms with E-state index in [1.54, 1.807) is 6.07 Å². The molecule has 0 fully saturated rings. The van der Waals surface area contributed by atoms with E-state index in [0.29, 0.717) is 13.1 Å². The first kappa shape index (κ1) is 13.1. The summed E-state index contributed by atoms with van der Waals surface area (Å²) in [6.45, 7) is 0.631. The number of rotatable bonds is 7. The van der Waals surface area contributed by atoms with Gasteiger partial charge in [-0.1, -0.05) is 0 Å². The van der Waals surface area contributed by atoms with Gasteiger partial charge >= 0.3 is 5.97 Å². The number of carboxylic acids is 1. The van der Waals surface area contributed by atoms with Crippen LogP contribution in [0.3, 0.4) is 0 Å². The van der Waals surface area contributed by atoms with Crippen LogP contribution in [0.5, 0.6) is 0 Å². The van der Waals surface area contributed by atoms with Gasteiger partial charge in [0.1, 0.15) is 0 Å². The molecule has 1 atom stereocenters. The summed E-state index contributed by atoms with van der Waals surface area (Å²) in [5, 5.41) is 29.2. The molecule has 0 aliphatic rings. The van der Waals surface area contributed by atoms with Crippen molar-refractivity contribution < 1.29 is 20.1 Å². The smallest absolute Gasteiger partial charge is 0.308 e. The highest BCUT2D eigenvalue weighted by Gasteiger charge is 2.05. The fourth-order valence-corrected chi connectivity index (χ4v) is 2.17. The maximum Gasteiger partial charge on any atom is 0.308 e. The number of nitrogens with one attached hydrogen (secondary N) is 1. The lowest BCUT2D eigenvalue weighted by molar-refractivity contribution is -0.136. The van der Waals surface area contributed by atoms with Crippen LogP contribution in [0.15, 0.2) is 12.1 Å². The van der Waals surface area contributed by atoms with Gasteiger partial charge in [0.25, 0.3) is 0 Å². The highest BCUT2D eigenvalue weighted by atomic mass is 32.1. The number of hydrogen-bond donors (Lipinski definition) is 4. The molecule has 5 nitrogen and oxygen atoms in total. The highest BCUT2D eigenvalue weighted by Crippen LogP contribution is 2.16. The fraction of sp³-hybridized carbons (Fsp3) is 0.500. The Morgan fingerprint density at radius 3 is 2.75 bits per heavy atom. The van der Waals surface area contributed by atoms with E-state index in [9.17, 15) is 4.79 Å². The van der Waals surface area contributed by atoms with Gasteiger partial charge in [-0.05, 0) is 12.1 Å². The number of hydrogen-bond acceptors (Lipinski definition) is 5. The average molecular weight is 245 g/mol. The third-order valence-electron chi connectivity index (χ3n) is 1.93. The summed E-state index contributed by atoms with van der Waals surface area (Å²) in [6, 6.07) is 3.65. The Hall–Kier alpha value is -0.950. The Morgan fingerprint density at radius 1 is 1.44 bits per heavy atom. The third kappa shape index (κ3) is 4.71. The van der Waals surface area contributed by atoms with Crippen LogP contribution in [0, 0.1) is 0 Å². The second-order valence-electron chi connectivity index (χ2n) is 3.41. The van der Waals surface area contributed by atoms with Crippen molar-refractivity contribution in [3.63, 3.8) is 0 Å². The van der Waals surface area contributed by atoms with Gasteiger partial charge in [0.2, 0.25) is 0 Å². The minimum absolute atomic E-state index is 0.0456. The lowest BCUT2D eigenvalue weighted by Gasteiger charge is -2.07. The van der Waals surface area contributed by atoms with Crippen molar-refractivity contribution in [1.82, 2.24) is 5.32 Å². The summed E-state index contributed by atoms with van der Waals surface area (Å²) in [7, 11) is 0. The Kier molecular flexibility index (Phi) is 5.41. The van der Waals surface area contributed by atoms with E-state index in [1.807, 2.05) is 6.07 Å². The summed E-state index contributed by atoms with van der Waals surface area (Å²) >= 11 is 1.43. The number of thiophene rings is 1. The molecule has 0 saturated carbocycles. The van der Waals surface area contributed by atoms with Gasteiger partial charge in [-0.25, -0.2) is 0 Å². The van der Waals surface area contributed by atoms with E-state index in [1.165, 1.54) is 11.3 Å². The minimum Gasteiger partial charge on any atom is -0.481 e. The monoisotopic (exact) mass is 245 g/mol. The third-order valence-corrected chi connectivity index (χ3v) is 3.02. The van der Waals surface area contributed by atoms with Gasteiger partial charge in [-0.15, -0.1) is 11.3 Å². The molecule has 1 unspecified atom stereocenters. The second kappa shape index (κ2) is 6.59. The van der Waals surface area contributed by atoms with Crippen molar-refractivity contribution in [2.45, 2.75) is 19.1 Å². The van der Waals surface area contributed by atoms with Crippen LogP contribution in [0.25, 0.3) is 0 Å². The molecule has 0 aliphatic heterocycles. The largest absolute Gasteiger partial charge is 0.481 e. The van der Waals surface area contributed by atoms with Crippen LogP contribution in [-0.4, -0.2) is 40.5 Å². The molecule has 0 saturated heterocycles. The lowest BCUT2D eigenvalue weighted by Crippen LogP contribution is -2.28. The van der Waals surface area contributed by atoms with Gasteiger partial charge in [-0.2, -0.15) is 0 Å². The molecule has 0 spiro atoms. The molecule has 90 valence electrons. The normalized spacial score (nSPS) is 12.6. The number of aliphatic hydroxyl groups is 2. The van der Waals surface area contributed by atoms with Crippen molar-refractivity contribution in [1.29, 1.82) is 0 Å². The summed E-state index contributed by atoms with van der Waals surface area (Å²) in [5.41, 5.74) is 0. The Balaban J connectivity index is 2.32. The van der Waals surface area contributed by atoms with Crippen LogP contribution in [0.2, 0.25) is 0 Å². The van der Waals surface area contributed by atoms with Crippen LogP contribution >= 0.6 is 11.3 Å². The first-order chi connectivity index (χ1) is 7.61. The van der Waals surface area contributed by atoms with E-state index in [2.05, 4.69) is 5.32 Å². The van der Waals surface area contributed by atoms with Crippen LogP contribution in [-0.2, 0) is 17.8 Å². The molecule has 0 aromatic carbocycles. The van der Waals surface area contributed by atoms with Crippen LogP contribution < -0.4 is 5.32 Å². The Labute approximate surface area is 97.4 Å². The zero-order chi connectivity index (χ0) is 12.0. The molecule has 0 bridgehead atoms.